The Morgan fingerprint density at radius 1 is 1.36 bits per heavy atom. The zero-order valence-electron chi connectivity index (χ0n) is 13.2. The Morgan fingerprint density at radius 2 is 2.20 bits per heavy atom. The number of hydrogen-bond acceptors (Lipinski definition) is 7. The second kappa shape index (κ2) is 6.75. The molecule has 2 aromatic heterocycles. The number of ether oxygens (including phenoxy) is 1. The van der Waals surface area contributed by atoms with Gasteiger partial charge in [0.1, 0.15) is 6.61 Å². The normalized spacial score (nSPS) is 20.0. The molecule has 0 amide bonds. The lowest BCUT2D eigenvalue weighted by molar-refractivity contribution is -0.149. The molecule has 25 heavy (non-hydrogen) atoms. The first kappa shape index (κ1) is 15.9. The number of rotatable bonds is 4. The van der Waals surface area contributed by atoms with Crippen LogP contribution in [-0.4, -0.2) is 21.9 Å². The molecule has 0 bridgehead atoms. The number of nitrogens with one attached hydrogen (secondary N) is 2. The van der Waals surface area contributed by atoms with Gasteiger partial charge in [-0.05, 0) is 5.56 Å². The predicted molar refractivity (Wildman–Crippen MR) is 92.9 cm³/mol. The third-order valence-corrected chi connectivity index (χ3v) is 4.92. The number of carbonyl (C=O) groups excluding carboxylic acids is 1. The van der Waals surface area contributed by atoms with E-state index in [0.717, 1.165) is 5.56 Å². The molecular weight excluding hydrogens is 340 g/mol. The van der Waals surface area contributed by atoms with Crippen LogP contribution in [0.5, 0.6) is 0 Å². The summed E-state index contributed by atoms with van der Waals surface area (Å²) in [6.45, 7) is 0.471. The molecule has 1 saturated heterocycles. The minimum atomic E-state index is -0.339. The quantitative estimate of drug-likeness (QED) is 0.685. The van der Waals surface area contributed by atoms with Gasteiger partial charge in [-0.2, -0.15) is 0 Å². The average molecular weight is 356 g/mol. The molecule has 1 aliphatic heterocycles. The zero-order chi connectivity index (χ0) is 17.2. The van der Waals surface area contributed by atoms with Crippen molar-refractivity contribution in [1.82, 2.24) is 20.2 Å². The summed E-state index contributed by atoms with van der Waals surface area (Å²) in [5.41, 5.74) is 7.42. The highest BCUT2D eigenvalue weighted by Gasteiger charge is 2.35. The minimum Gasteiger partial charge on any atom is -0.459 e. The van der Waals surface area contributed by atoms with Gasteiger partial charge in [0.15, 0.2) is 4.96 Å². The molecule has 0 saturated carbocycles. The van der Waals surface area contributed by atoms with E-state index in [1.54, 1.807) is 11.6 Å². The number of nitrogens with zero attached hydrogens (tertiary/aromatic N) is 2. The Hall–Kier alpha value is -2.55. The number of benzene rings is 1. The zero-order valence-corrected chi connectivity index (χ0v) is 14.0. The summed E-state index contributed by atoms with van der Waals surface area (Å²) in [6, 6.07) is 11.0. The molecule has 1 aromatic carbocycles. The molecular formula is C17H16N4O3S. The molecule has 1 aliphatic rings. The molecule has 4 rings (SSSR count). The molecule has 0 spiro atoms. The lowest BCUT2D eigenvalue weighted by Gasteiger charge is -2.17. The monoisotopic (exact) mass is 356 g/mol. The SMILES string of the molecule is O=C(OCc1cc(=O)n2ccsc2n1)C1CNNC1c1ccccc1. The van der Waals surface area contributed by atoms with E-state index in [4.69, 9.17) is 4.74 Å². The van der Waals surface area contributed by atoms with E-state index in [1.807, 2.05) is 30.3 Å². The van der Waals surface area contributed by atoms with Crippen LogP contribution in [0, 0.1) is 5.92 Å². The van der Waals surface area contributed by atoms with Gasteiger partial charge in [-0.3, -0.25) is 19.4 Å². The van der Waals surface area contributed by atoms with E-state index in [2.05, 4.69) is 15.8 Å². The molecule has 0 radical (unpaired) electrons. The molecule has 3 heterocycles. The summed E-state index contributed by atoms with van der Waals surface area (Å²) < 4.78 is 6.88. The Labute approximate surface area is 147 Å². The third kappa shape index (κ3) is 3.19. The summed E-state index contributed by atoms with van der Waals surface area (Å²) in [5.74, 6) is -0.659. The van der Waals surface area contributed by atoms with Gasteiger partial charge in [0.05, 0.1) is 17.7 Å². The number of hydrazine groups is 1. The lowest BCUT2D eigenvalue weighted by atomic mass is 9.95. The lowest BCUT2D eigenvalue weighted by Crippen LogP contribution is -2.27. The maximum absolute atomic E-state index is 12.5. The van der Waals surface area contributed by atoms with Crippen LogP contribution in [0.1, 0.15) is 17.3 Å². The summed E-state index contributed by atoms with van der Waals surface area (Å²) >= 11 is 1.36. The molecule has 7 nitrogen and oxygen atoms in total. The summed E-state index contributed by atoms with van der Waals surface area (Å²) in [6.07, 6.45) is 1.67. The van der Waals surface area contributed by atoms with E-state index < -0.39 is 0 Å². The van der Waals surface area contributed by atoms with Crippen LogP contribution in [0.15, 0.2) is 52.8 Å². The Kier molecular flexibility index (Phi) is 4.31. The standard InChI is InChI=1S/C17H16N4O3S/c22-14-8-12(19-17-21(14)6-7-25-17)10-24-16(23)13-9-18-20-15(13)11-4-2-1-3-5-11/h1-8,13,15,18,20H,9-10H2. The molecule has 3 aromatic rings. The fraction of sp³-hybridized carbons (Fsp3) is 0.235. The third-order valence-electron chi connectivity index (χ3n) is 4.16. The van der Waals surface area contributed by atoms with Crippen LogP contribution >= 0.6 is 11.3 Å². The van der Waals surface area contributed by atoms with Crippen molar-refractivity contribution < 1.29 is 9.53 Å². The van der Waals surface area contributed by atoms with Crippen molar-refractivity contribution >= 4 is 22.3 Å². The van der Waals surface area contributed by atoms with Crippen LogP contribution in [0.2, 0.25) is 0 Å². The van der Waals surface area contributed by atoms with Crippen molar-refractivity contribution in [3.8, 4) is 0 Å². The van der Waals surface area contributed by atoms with Crippen molar-refractivity contribution in [2.75, 3.05) is 6.54 Å². The number of fused-ring (bicyclic) bond motifs is 1. The van der Waals surface area contributed by atoms with Gasteiger partial charge < -0.3 is 4.74 Å². The summed E-state index contributed by atoms with van der Waals surface area (Å²) in [5, 5.41) is 1.79. The number of hydrogen-bond donors (Lipinski definition) is 2. The van der Waals surface area contributed by atoms with Crippen LogP contribution < -0.4 is 16.4 Å². The average Bonchev–Trinajstić information content (AvgIpc) is 3.30. The van der Waals surface area contributed by atoms with E-state index in [0.29, 0.717) is 17.2 Å². The van der Waals surface area contributed by atoms with E-state index in [1.165, 1.54) is 21.8 Å². The molecule has 8 heteroatoms. The highest BCUT2D eigenvalue weighted by Crippen LogP contribution is 2.25. The van der Waals surface area contributed by atoms with Crippen LogP contribution in [0.3, 0.4) is 0 Å². The van der Waals surface area contributed by atoms with Crippen LogP contribution in [-0.2, 0) is 16.1 Å². The molecule has 2 atom stereocenters. The summed E-state index contributed by atoms with van der Waals surface area (Å²) in [4.78, 5) is 29.4. The largest absolute Gasteiger partial charge is 0.459 e. The van der Waals surface area contributed by atoms with Crippen molar-refractivity contribution in [2.45, 2.75) is 12.6 Å². The number of carbonyl (C=O) groups is 1. The fourth-order valence-corrected chi connectivity index (χ4v) is 3.65. The molecule has 1 fully saturated rings. The van der Waals surface area contributed by atoms with Crippen LogP contribution in [0.25, 0.3) is 4.96 Å². The van der Waals surface area contributed by atoms with Gasteiger partial charge in [-0.15, -0.1) is 11.3 Å². The van der Waals surface area contributed by atoms with E-state index in [9.17, 15) is 9.59 Å². The first-order valence-corrected chi connectivity index (χ1v) is 8.76. The molecule has 0 aliphatic carbocycles. The van der Waals surface area contributed by atoms with Gasteiger partial charge >= 0.3 is 5.97 Å². The molecule has 2 N–H and O–H groups in total. The van der Waals surface area contributed by atoms with Crippen LogP contribution in [0.4, 0.5) is 0 Å². The van der Waals surface area contributed by atoms with Gasteiger partial charge in [0.2, 0.25) is 0 Å². The Bertz CT molecular complexity index is 953. The van der Waals surface area contributed by atoms with Crippen molar-refractivity contribution in [3.05, 3.63) is 69.6 Å². The maximum atomic E-state index is 12.5. The van der Waals surface area contributed by atoms with Gasteiger partial charge in [0, 0.05) is 24.2 Å². The number of thiazole rings is 1. The second-order valence-electron chi connectivity index (χ2n) is 5.77. The first-order valence-electron chi connectivity index (χ1n) is 7.88. The van der Waals surface area contributed by atoms with Crippen molar-refractivity contribution in [3.63, 3.8) is 0 Å². The second-order valence-corrected chi connectivity index (χ2v) is 6.64. The number of esters is 1. The smallest absolute Gasteiger partial charge is 0.312 e. The van der Waals surface area contributed by atoms with Crippen molar-refractivity contribution in [2.24, 2.45) is 5.92 Å². The Balaban J connectivity index is 1.46. The highest BCUT2D eigenvalue weighted by atomic mass is 32.1. The van der Waals surface area contributed by atoms with E-state index in [-0.39, 0.29) is 30.1 Å². The number of aromatic nitrogens is 2. The van der Waals surface area contributed by atoms with E-state index >= 15 is 0 Å². The summed E-state index contributed by atoms with van der Waals surface area (Å²) in [7, 11) is 0. The van der Waals surface area contributed by atoms with Gasteiger partial charge in [0.25, 0.3) is 5.56 Å². The minimum absolute atomic E-state index is 0.0134. The van der Waals surface area contributed by atoms with Crippen molar-refractivity contribution in [1.29, 1.82) is 0 Å². The predicted octanol–water partition coefficient (Wildman–Crippen LogP) is 1.26. The molecule has 128 valence electrons. The fourth-order valence-electron chi connectivity index (χ4n) is 2.91. The Morgan fingerprint density at radius 3 is 3.04 bits per heavy atom. The topological polar surface area (TPSA) is 84.7 Å². The van der Waals surface area contributed by atoms with Gasteiger partial charge in [-0.25, -0.2) is 10.4 Å². The molecule has 2 unspecified atom stereocenters. The highest BCUT2D eigenvalue weighted by molar-refractivity contribution is 7.15. The first-order chi connectivity index (χ1) is 12.2. The maximum Gasteiger partial charge on any atom is 0.312 e. The van der Waals surface area contributed by atoms with Gasteiger partial charge in [-0.1, -0.05) is 30.3 Å².